The zero-order chi connectivity index (χ0) is 15.0. The topological polar surface area (TPSA) is 33.7 Å². The van der Waals surface area contributed by atoms with Crippen molar-refractivity contribution in [3.63, 3.8) is 0 Å². The first-order valence-corrected chi connectivity index (χ1v) is 7.84. The van der Waals surface area contributed by atoms with Gasteiger partial charge in [-0.05, 0) is 57.0 Å². The molecule has 2 heterocycles. The summed E-state index contributed by atoms with van der Waals surface area (Å²) in [7, 11) is 3.45. The summed E-state index contributed by atoms with van der Waals surface area (Å²) in [5.74, 6) is 3.42. The van der Waals surface area contributed by atoms with E-state index in [4.69, 9.17) is 9.47 Å². The van der Waals surface area contributed by atoms with Crippen LogP contribution in [0.5, 0.6) is 11.5 Å². The summed E-state index contributed by atoms with van der Waals surface area (Å²) < 4.78 is 10.9. The molecule has 4 unspecified atom stereocenters. The molecule has 21 heavy (non-hydrogen) atoms. The molecule has 3 rings (SSSR count). The van der Waals surface area contributed by atoms with Crippen molar-refractivity contribution >= 4 is 0 Å². The Balaban J connectivity index is 1.86. The lowest BCUT2D eigenvalue weighted by Crippen LogP contribution is -2.35. The van der Waals surface area contributed by atoms with Gasteiger partial charge in [0.05, 0.1) is 14.2 Å². The smallest absolute Gasteiger partial charge is 0.123 e. The standard InChI is InChI=1S/C17H26N2O2/c1-11(15-7-14(20-3)5-6-17(15)21-4)19-10-13-8-18-9-16(13)12(19)2/h5-7,11-13,16,18H,8-10H2,1-4H3. The van der Waals surface area contributed by atoms with Crippen molar-refractivity contribution in [1.29, 1.82) is 0 Å². The van der Waals surface area contributed by atoms with Gasteiger partial charge in [-0.3, -0.25) is 4.90 Å². The van der Waals surface area contributed by atoms with Gasteiger partial charge in [0, 0.05) is 24.2 Å². The van der Waals surface area contributed by atoms with Crippen LogP contribution in [0.3, 0.4) is 0 Å². The molecular formula is C17H26N2O2. The normalized spacial score (nSPS) is 30.2. The van der Waals surface area contributed by atoms with Gasteiger partial charge in [-0.1, -0.05) is 0 Å². The Morgan fingerprint density at radius 1 is 1.24 bits per heavy atom. The van der Waals surface area contributed by atoms with Crippen molar-refractivity contribution in [2.24, 2.45) is 11.8 Å². The Labute approximate surface area is 127 Å². The van der Waals surface area contributed by atoms with E-state index in [1.807, 2.05) is 12.1 Å². The lowest BCUT2D eigenvalue weighted by molar-refractivity contribution is 0.179. The minimum atomic E-state index is 0.343. The van der Waals surface area contributed by atoms with Gasteiger partial charge in [0.25, 0.3) is 0 Å². The number of rotatable bonds is 4. The molecule has 0 aliphatic carbocycles. The monoisotopic (exact) mass is 290 g/mol. The van der Waals surface area contributed by atoms with Crippen LogP contribution in [0.15, 0.2) is 18.2 Å². The minimum Gasteiger partial charge on any atom is -0.497 e. The summed E-state index contributed by atoms with van der Waals surface area (Å²) in [5, 5.41) is 3.52. The molecule has 2 saturated heterocycles. The Morgan fingerprint density at radius 3 is 2.71 bits per heavy atom. The predicted octanol–water partition coefficient (Wildman–Crippen LogP) is 2.30. The first-order chi connectivity index (χ1) is 10.2. The molecule has 0 aromatic heterocycles. The van der Waals surface area contributed by atoms with Crippen molar-refractivity contribution in [1.82, 2.24) is 10.2 Å². The van der Waals surface area contributed by atoms with Crippen LogP contribution < -0.4 is 14.8 Å². The number of nitrogens with zero attached hydrogens (tertiary/aromatic N) is 1. The molecule has 4 nitrogen and oxygen atoms in total. The molecule has 0 spiro atoms. The quantitative estimate of drug-likeness (QED) is 0.922. The second-order valence-corrected chi connectivity index (χ2v) is 6.30. The maximum Gasteiger partial charge on any atom is 0.123 e. The van der Waals surface area contributed by atoms with Crippen LogP contribution in [0.25, 0.3) is 0 Å². The Hall–Kier alpha value is -1.26. The molecule has 2 aliphatic heterocycles. The van der Waals surface area contributed by atoms with E-state index in [-0.39, 0.29) is 0 Å². The number of fused-ring (bicyclic) bond motifs is 1. The average molecular weight is 290 g/mol. The second-order valence-electron chi connectivity index (χ2n) is 6.30. The first-order valence-electron chi connectivity index (χ1n) is 7.84. The zero-order valence-electron chi connectivity index (χ0n) is 13.4. The van der Waals surface area contributed by atoms with Crippen molar-refractivity contribution in [2.45, 2.75) is 25.9 Å². The second kappa shape index (κ2) is 5.85. The molecule has 0 bridgehead atoms. The summed E-state index contributed by atoms with van der Waals surface area (Å²) in [6.45, 7) is 8.13. The average Bonchev–Trinajstić information content (AvgIpc) is 3.09. The molecule has 0 radical (unpaired) electrons. The maximum absolute atomic E-state index is 5.56. The predicted molar refractivity (Wildman–Crippen MR) is 84.0 cm³/mol. The number of hydrogen-bond donors (Lipinski definition) is 1. The van der Waals surface area contributed by atoms with Gasteiger partial charge in [0.15, 0.2) is 0 Å². The third kappa shape index (κ3) is 2.51. The highest BCUT2D eigenvalue weighted by molar-refractivity contribution is 5.42. The Kier molecular flexibility index (Phi) is 4.09. The van der Waals surface area contributed by atoms with E-state index in [1.165, 1.54) is 12.1 Å². The van der Waals surface area contributed by atoms with E-state index in [9.17, 15) is 0 Å². The number of benzene rings is 1. The maximum atomic E-state index is 5.56. The summed E-state index contributed by atoms with van der Waals surface area (Å²) >= 11 is 0. The lowest BCUT2D eigenvalue weighted by atomic mass is 9.95. The van der Waals surface area contributed by atoms with Crippen LogP contribution in [0.1, 0.15) is 25.5 Å². The van der Waals surface area contributed by atoms with Crippen molar-refractivity contribution in [3.8, 4) is 11.5 Å². The van der Waals surface area contributed by atoms with E-state index in [0.717, 1.165) is 36.4 Å². The van der Waals surface area contributed by atoms with Crippen LogP contribution in [0.4, 0.5) is 0 Å². The Bertz CT molecular complexity index is 506. The van der Waals surface area contributed by atoms with Gasteiger partial charge in [-0.15, -0.1) is 0 Å². The molecule has 1 aromatic carbocycles. The number of likely N-dealkylation sites (tertiary alicyclic amines) is 1. The van der Waals surface area contributed by atoms with Crippen LogP contribution >= 0.6 is 0 Å². The number of ether oxygens (including phenoxy) is 2. The van der Waals surface area contributed by atoms with E-state index < -0.39 is 0 Å². The van der Waals surface area contributed by atoms with E-state index in [2.05, 4.69) is 30.1 Å². The van der Waals surface area contributed by atoms with E-state index in [1.54, 1.807) is 14.2 Å². The van der Waals surface area contributed by atoms with Gasteiger partial charge in [-0.2, -0.15) is 0 Å². The van der Waals surface area contributed by atoms with Crippen LogP contribution in [-0.4, -0.2) is 44.8 Å². The van der Waals surface area contributed by atoms with Crippen molar-refractivity contribution in [3.05, 3.63) is 23.8 Å². The SMILES string of the molecule is COc1ccc(OC)c(C(C)N2CC3CNCC3C2C)c1. The fraction of sp³-hybridized carbons (Fsp3) is 0.647. The van der Waals surface area contributed by atoms with E-state index >= 15 is 0 Å². The van der Waals surface area contributed by atoms with Crippen LogP contribution in [0.2, 0.25) is 0 Å². The van der Waals surface area contributed by atoms with Gasteiger partial charge in [-0.25, -0.2) is 0 Å². The third-order valence-electron chi connectivity index (χ3n) is 5.36. The molecule has 0 amide bonds. The third-order valence-corrected chi connectivity index (χ3v) is 5.36. The highest BCUT2D eigenvalue weighted by Gasteiger charge is 2.43. The van der Waals surface area contributed by atoms with Gasteiger partial charge in [0.1, 0.15) is 11.5 Å². The summed E-state index contributed by atoms with van der Waals surface area (Å²) in [5.41, 5.74) is 1.22. The number of hydrogen-bond acceptors (Lipinski definition) is 4. The lowest BCUT2D eigenvalue weighted by Gasteiger charge is -2.31. The van der Waals surface area contributed by atoms with Crippen LogP contribution in [0, 0.1) is 11.8 Å². The van der Waals surface area contributed by atoms with Crippen LogP contribution in [-0.2, 0) is 0 Å². The fourth-order valence-corrected chi connectivity index (χ4v) is 4.06. The summed E-state index contributed by atoms with van der Waals surface area (Å²) in [4.78, 5) is 2.62. The molecule has 1 N–H and O–H groups in total. The molecular weight excluding hydrogens is 264 g/mol. The van der Waals surface area contributed by atoms with Gasteiger partial charge in [0.2, 0.25) is 0 Å². The summed E-state index contributed by atoms with van der Waals surface area (Å²) in [6.07, 6.45) is 0. The van der Waals surface area contributed by atoms with E-state index in [0.29, 0.717) is 12.1 Å². The molecule has 116 valence electrons. The van der Waals surface area contributed by atoms with Crippen molar-refractivity contribution in [2.75, 3.05) is 33.9 Å². The van der Waals surface area contributed by atoms with Gasteiger partial charge >= 0.3 is 0 Å². The molecule has 1 aromatic rings. The Morgan fingerprint density at radius 2 is 2.05 bits per heavy atom. The fourth-order valence-electron chi connectivity index (χ4n) is 4.06. The number of methoxy groups -OCH3 is 2. The highest BCUT2D eigenvalue weighted by Crippen LogP contribution is 2.40. The summed E-state index contributed by atoms with van der Waals surface area (Å²) in [6, 6.07) is 7.03. The number of nitrogens with one attached hydrogen (secondary N) is 1. The molecule has 2 fully saturated rings. The zero-order valence-corrected chi connectivity index (χ0v) is 13.4. The minimum absolute atomic E-state index is 0.343. The molecule has 4 heteroatoms. The molecule has 0 saturated carbocycles. The van der Waals surface area contributed by atoms with Crippen molar-refractivity contribution < 1.29 is 9.47 Å². The molecule has 4 atom stereocenters. The van der Waals surface area contributed by atoms with Gasteiger partial charge < -0.3 is 14.8 Å². The molecule has 2 aliphatic rings. The largest absolute Gasteiger partial charge is 0.497 e. The first kappa shape index (κ1) is 14.7. The highest BCUT2D eigenvalue weighted by atomic mass is 16.5.